The van der Waals surface area contributed by atoms with E-state index in [0.717, 1.165) is 34.2 Å². The summed E-state index contributed by atoms with van der Waals surface area (Å²) in [7, 11) is 0. The number of H-pyrrole nitrogens is 1. The molecule has 0 fully saturated rings. The zero-order chi connectivity index (χ0) is 21.8. The number of hydrogen-bond donors (Lipinski definition) is 3. The van der Waals surface area contributed by atoms with E-state index in [4.69, 9.17) is 0 Å². The molecule has 6 rings (SSSR count). The van der Waals surface area contributed by atoms with E-state index >= 15 is 0 Å². The zero-order valence-electron chi connectivity index (χ0n) is 17.5. The van der Waals surface area contributed by atoms with Gasteiger partial charge in [0, 0.05) is 53.8 Å². The molecule has 1 aromatic heterocycles. The third-order valence-corrected chi connectivity index (χ3v) is 6.40. The van der Waals surface area contributed by atoms with E-state index in [0.29, 0.717) is 28.8 Å². The molecule has 0 saturated carbocycles. The van der Waals surface area contributed by atoms with E-state index in [1.54, 1.807) is 12.4 Å². The molecule has 4 aliphatic rings. The number of aromatic nitrogens is 1. The van der Waals surface area contributed by atoms with E-state index < -0.39 is 11.8 Å². The first-order valence-corrected chi connectivity index (χ1v) is 10.6. The average molecular weight is 461 g/mol. The van der Waals surface area contributed by atoms with Crippen LogP contribution in [0, 0.1) is 0 Å². The van der Waals surface area contributed by atoms with Crippen LogP contribution in [0.2, 0.25) is 0 Å². The van der Waals surface area contributed by atoms with Crippen LogP contribution in [-0.4, -0.2) is 51.7 Å². The standard InChI is InChI=1S/C25H20N4O3.ClH/c30-12-8-14-3-1-5-16-18(13-27-21(14)16)19-20(25(32)28-24(19)31)22-17-6-2-4-15-7-10-29(23(15)17)11-9-26-22;/h1-7,9,11,13,23,27,30H,8,10,12H2,(H,28,31,32);1H. The van der Waals surface area contributed by atoms with Crippen molar-refractivity contribution < 1.29 is 14.7 Å². The van der Waals surface area contributed by atoms with Crippen LogP contribution in [0.4, 0.5) is 0 Å². The lowest BCUT2D eigenvalue weighted by atomic mass is 9.86. The predicted octanol–water partition coefficient (Wildman–Crippen LogP) is 2.57. The van der Waals surface area contributed by atoms with E-state index in [2.05, 4.69) is 32.3 Å². The Bertz CT molecular complexity index is 1390. The number of aromatic amines is 1. The molecule has 166 valence electrons. The molecule has 8 heteroatoms. The van der Waals surface area contributed by atoms with E-state index in [1.807, 2.05) is 36.6 Å². The Morgan fingerprint density at radius 3 is 2.88 bits per heavy atom. The van der Waals surface area contributed by atoms with Crippen LogP contribution >= 0.6 is 12.4 Å². The summed E-state index contributed by atoms with van der Waals surface area (Å²) in [6.45, 7) is 0.799. The average Bonchev–Trinajstić information content (AvgIpc) is 3.43. The molecule has 2 amide bonds. The van der Waals surface area contributed by atoms with Gasteiger partial charge in [-0.15, -0.1) is 12.4 Å². The van der Waals surface area contributed by atoms with Crippen molar-refractivity contribution in [3.05, 3.63) is 88.9 Å². The number of halogens is 1. The number of amides is 2. The molecule has 0 radical (unpaired) electrons. The van der Waals surface area contributed by atoms with Gasteiger partial charge in [-0.2, -0.15) is 0 Å². The zero-order valence-corrected chi connectivity index (χ0v) is 18.4. The molecule has 3 aliphatic heterocycles. The van der Waals surface area contributed by atoms with Crippen molar-refractivity contribution in [2.75, 3.05) is 13.2 Å². The third kappa shape index (κ3) is 3.12. The molecule has 2 aromatic rings. The number of aliphatic imine (C=N–C) groups is 1. The number of nitrogens with zero attached hydrogens (tertiary/aromatic N) is 2. The topological polar surface area (TPSA) is 97.8 Å². The summed E-state index contributed by atoms with van der Waals surface area (Å²) in [6.07, 6.45) is 14.1. The summed E-state index contributed by atoms with van der Waals surface area (Å²) < 4.78 is 0. The number of rotatable bonds is 4. The predicted molar refractivity (Wildman–Crippen MR) is 129 cm³/mol. The number of imide groups is 1. The maximum Gasteiger partial charge on any atom is 0.261 e. The van der Waals surface area contributed by atoms with Crippen molar-refractivity contribution in [2.45, 2.75) is 12.5 Å². The number of nitrogens with one attached hydrogen (secondary N) is 2. The fourth-order valence-electron chi connectivity index (χ4n) is 5.01. The molecule has 1 aromatic carbocycles. The number of fused-ring (bicyclic) bond motifs is 1. The molecule has 0 saturated heterocycles. The number of aliphatic hydroxyl groups excluding tert-OH is 1. The van der Waals surface area contributed by atoms with Gasteiger partial charge in [0.15, 0.2) is 0 Å². The van der Waals surface area contributed by atoms with Crippen molar-refractivity contribution in [1.29, 1.82) is 0 Å². The summed E-state index contributed by atoms with van der Waals surface area (Å²) in [6, 6.07) is 5.73. The second kappa shape index (κ2) is 8.03. The molecular weight excluding hydrogens is 440 g/mol. The summed E-state index contributed by atoms with van der Waals surface area (Å²) in [4.78, 5) is 36.1. The second-order valence-corrected chi connectivity index (χ2v) is 8.11. The number of aliphatic hydroxyl groups is 1. The van der Waals surface area contributed by atoms with Gasteiger partial charge in [-0.1, -0.05) is 42.5 Å². The lowest BCUT2D eigenvalue weighted by Crippen LogP contribution is -2.34. The fraction of sp³-hybridized carbons (Fsp3) is 0.160. The van der Waals surface area contributed by atoms with Crippen LogP contribution in [0.5, 0.6) is 0 Å². The van der Waals surface area contributed by atoms with Gasteiger partial charge < -0.3 is 15.0 Å². The number of para-hydroxylation sites is 1. The van der Waals surface area contributed by atoms with E-state index in [1.165, 1.54) is 0 Å². The highest BCUT2D eigenvalue weighted by Gasteiger charge is 2.40. The minimum Gasteiger partial charge on any atom is -0.396 e. The highest BCUT2D eigenvalue weighted by atomic mass is 35.5. The van der Waals surface area contributed by atoms with Gasteiger partial charge in [0.1, 0.15) is 0 Å². The Balaban J connectivity index is 0.00000228. The van der Waals surface area contributed by atoms with Crippen molar-refractivity contribution in [2.24, 2.45) is 4.99 Å². The van der Waals surface area contributed by atoms with Crippen molar-refractivity contribution in [1.82, 2.24) is 15.2 Å². The Kier molecular flexibility index (Phi) is 5.15. The molecule has 1 atom stereocenters. The molecule has 4 heterocycles. The molecule has 0 spiro atoms. The highest BCUT2D eigenvalue weighted by Crippen LogP contribution is 2.38. The number of hydrogen-bond acceptors (Lipinski definition) is 5. The lowest BCUT2D eigenvalue weighted by Gasteiger charge is -2.28. The van der Waals surface area contributed by atoms with Gasteiger partial charge in [0.05, 0.1) is 22.9 Å². The largest absolute Gasteiger partial charge is 0.396 e. The minimum atomic E-state index is -0.439. The van der Waals surface area contributed by atoms with Crippen LogP contribution in [0.25, 0.3) is 16.5 Å². The fourth-order valence-corrected chi connectivity index (χ4v) is 5.01. The quantitative estimate of drug-likeness (QED) is 0.611. The first kappa shape index (κ1) is 21.2. The van der Waals surface area contributed by atoms with Gasteiger partial charge in [-0.3, -0.25) is 19.9 Å². The monoisotopic (exact) mass is 460 g/mol. The number of allylic oxidation sites excluding steroid dienone is 2. The molecule has 1 aliphatic carbocycles. The Morgan fingerprint density at radius 2 is 2.03 bits per heavy atom. The number of carbonyl (C=O) groups excluding carboxylic acids is 2. The SMILES string of the molecule is Cl.O=C1NC(=O)C(c2c[nH]c3c(CCO)cccc23)=C1C1=NC=CN2CC=C3C=CC=C1C32. The molecular formula is C25H21ClN4O3. The second-order valence-electron chi connectivity index (χ2n) is 8.11. The van der Waals surface area contributed by atoms with Gasteiger partial charge in [0.25, 0.3) is 11.8 Å². The van der Waals surface area contributed by atoms with Crippen LogP contribution < -0.4 is 5.32 Å². The summed E-state index contributed by atoms with van der Waals surface area (Å²) >= 11 is 0. The third-order valence-electron chi connectivity index (χ3n) is 6.40. The van der Waals surface area contributed by atoms with Crippen molar-refractivity contribution in [3.63, 3.8) is 0 Å². The Labute approximate surface area is 196 Å². The maximum atomic E-state index is 13.0. The van der Waals surface area contributed by atoms with Crippen LogP contribution in [0.3, 0.4) is 0 Å². The Morgan fingerprint density at radius 1 is 1.18 bits per heavy atom. The summed E-state index contributed by atoms with van der Waals surface area (Å²) in [5.74, 6) is -0.870. The van der Waals surface area contributed by atoms with E-state index in [9.17, 15) is 14.7 Å². The normalized spacial score (nSPS) is 20.9. The molecule has 1 unspecified atom stereocenters. The van der Waals surface area contributed by atoms with Gasteiger partial charge in [-0.05, 0) is 17.6 Å². The molecule has 0 bridgehead atoms. The lowest BCUT2D eigenvalue weighted by molar-refractivity contribution is -0.123. The van der Waals surface area contributed by atoms with Gasteiger partial charge >= 0.3 is 0 Å². The number of benzene rings is 1. The maximum absolute atomic E-state index is 13.0. The summed E-state index contributed by atoms with van der Waals surface area (Å²) in [5, 5.41) is 12.7. The smallest absolute Gasteiger partial charge is 0.261 e. The Hall–Kier alpha value is -3.68. The van der Waals surface area contributed by atoms with Crippen LogP contribution in [0.1, 0.15) is 11.1 Å². The van der Waals surface area contributed by atoms with Crippen molar-refractivity contribution >= 4 is 46.4 Å². The minimum absolute atomic E-state index is 0. The molecule has 3 N–H and O–H groups in total. The van der Waals surface area contributed by atoms with Crippen molar-refractivity contribution in [3.8, 4) is 0 Å². The first-order chi connectivity index (χ1) is 15.7. The van der Waals surface area contributed by atoms with E-state index in [-0.39, 0.29) is 25.1 Å². The first-order valence-electron chi connectivity index (χ1n) is 10.6. The molecule has 7 nitrogen and oxygen atoms in total. The highest BCUT2D eigenvalue weighted by molar-refractivity contribution is 6.48. The molecule has 33 heavy (non-hydrogen) atoms. The van der Waals surface area contributed by atoms with Crippen LogP contribution in [-0.2, 0) is 16.0 Å². The van der Waals surface area contributed by atoms with Crippen LogP contribution in [0.15, 0.2) is 82.8 Å². The van der Waals surface area contributed by atoms with Gasteiger partial charge in [0.2, 0.25) is 0 Å². The summed E-state index contributed by atoms with van der Waals surface area (Å²) in [5.41, 5.74) is 5.66. The number of carbonyl (C=O) groups is 2. The van der Waals surface area contributed by atoms with Gasteiger partial charge in [-0.25, -0.2) is 0 Å².